The molecular weight excluding hydrogens is 340 g/mol. The molecule has 0 fully saturated rings. The van der Waals surface area contributed by atoms with Crippen LogP contribution in [0.15, 0.2) is 30.5 Å². The number of ether oxygens (including phenoxy) is 2. The summed E-state index contributed by atoms with van der Waals surface area (Å²) < 4.78 is 11.7. The van der Waals surface area contributed by atoms with E-state index in [1.165, 1.54) is 0 Å². The number of aromatic nitrogens is 1. The van der Waals surface area contributed by atoms with E-state index in [4.69, 9.17) is 9.47 Å². The van der Waals surface area contributed by atoms with Gasteiger partial charge in [0.2, 0.25) is 0 Å². The maximum absolute atomic E-state index is 13.0. The lowest BCUT2D eigenvalue weighted by Crippen LogP contribution is -2.42. The van der Waals surface area contributed by atoms with Gasteiger partial charge < -0.3 is 14.8 Å². The molecule has 1 heterocycles. The summed E-state index contributed by atoms with van der Waals surface area (Å²) >= 11 is 0. The zero-order chi connectivity index (χ0) is 19.7. The van der Waals surface area contributed by atoms with Crippen LogP contribution in [-0.4, -0.2) is 29.7 Å². The van der Waals surface area contributed by atoms with Gasteiger partial charge in [-0.2, -0.15) is 0 Å². The van der Waals surface area contributed by atoms with Crippen LogP contribution in [-0.2, 0) is 9.53 Å². The zero-order valence-electron chi connectivity index (χ0n) is 17.0. The first kappa shape index (κ1) is 21.2. The second-order valence-electron chi connectivity index (χ2n) is 6.93. The van der Waals surface area contributed by atoms with Gasteiger partial charge >= 0.3 is 0 Å². The van der Waals surface area contributed by atoms with E-state index in [-0.39, 0.29) is 5.91 Å². The third kappa shape index (κ3) is 5.42. The maximum atomic E-state index is 13.0. The molecule has 0 unspecified atom stereocenters. The van der Waals surface area contributed by atoms with Gasteiger partial charge in [-0.05, 0) is 51.0 Å². The minimum Gasteiger partial charge on any atom is -0.491 e. The van der Waals surface area contributed by atoms with Crippen LogP contribution >= 0.6 is 0 Å². The minimum atomic E-state index is -0.838. The number of nitrogens with one attached hydrogen (secondary N) is 1. The van der Waals surface area contributed by atoms with Crippen LogP contribution in [0.5, 0.6) is 5.75 Å². The molecule has 5 heteroatoms. The quantitative estimate of drug-likeness (QED) is 0.541. The Morgan fingerprint density at radius 2 is 1.93 bits per heavy atom. The van der Waals surface area contributed by atoms with E-state index in [2.05, 4.69) is 24.1 Å². The topological polar surface area (TPSA) is 60.5 Å². The van der Waals surface area contributed by atoms with Gasteiger partial charge in [0.1, 0.15) is 16.9 Å². The Kier molecular flexibility index (Phi) is 8.04. The second-order valence-corrected chi connectivity index (χ2v) is 6.93. The van der Waals surface area contributed by atoms with E-state index >= 15 is 0 Å². The van der Waals surface area contributed by atoms with Crippen molar-refractivity contribution in [2.75, 3.05) is 18.5 Å². The fourth-order valence-corrected chi connectivity index (χ4v) is 3.04. The Hall–Kier alpha value is -2.14. The van der Waals surface area contributed by atoms with Gasteiger partial charge in [-0.1, -0.05) is 33.1 Å². The smallest absolute Gasteiger partial charge is 0.256 e. The molecule has 1 N–H and O–H groups in total. The summed E-state index contributed by atoms with van der Waals surface area (Å²) in [5.74, 6) is 0.623. The van der Waals surface area contributed by atoms with Crippen molar-refractivity contribution < 1.29 is 14.3 Å². The van der Waals surface area contributed by atoms with Crippen LogP contribution in [0, 0.1) is 0 Å². The highest BCUT2D eigenvalue weighted by atomic mass is 16.5. The van der Waals surface area contributed by atoms with Crippen molar-refractivity contribution in [1.29, 1.82) is 0 Å². The van der Waals surface area contributed by atoms with Gasteiger partial charge in [0, 0.05) is 18.2 Å². The highest BCUT2D eigenvalue weighted by Crippen LogP contribution is 2.31. The van der Waals surface area contributed by atoms with Crippen LogP contribution in [0.1, 0.15) is 59.8 Å². The van der Waals surface area contributed by atoms with Crippen LogP contribution in [0.3, 0.4) is 0 Å². The predicted molar refractivity (Wildman–Crippen MR) is 110 cm³/mol. The van der Waals surface area contributed by atoms with E-state index in [9.17, 15) is 4.79 Å². The third-order valence-corrected chi connectivity index (χ3v) is 4.69. The molecule has 1 aromatic carbocycles. The molecule has 1 aromatic heterocycles. The lowest BCUT2D eigenvalue weighted by atomic mass is 9.97. The van der Waals surface area contributed by atoms with Crippen molar-refractivity contribution >= 4 is 22.5 Å². The van der Waals surface area contributed by atoms with Gasteiger partial charge in [0.15, 0.2) is 0 Å². The summed E-state index contributed by atoms with van der Waals surface area (Å²) in [5, 5.41) is 3.92. The number of carbonyl (C=O) groups is 1. The highest BCUT2D eigenvalue weighted by molar-refractivity contribution is 6.05. The molecule has 2 aromatic rings. The highest BCUT2D eigenvalue weighted by Gasteiger charge is 2.33. The first-order valence-corrected chi connectivity index (χ1v) is 10.0. The number of amides is 1. The summed E-state index contributed by atoms with van der Waals surface area (Å²) in [7, 11) is 0. The molecule has 1 amide bonds. The Labute approximate surface area is 162 Å². The monoisotopic (exact) mass is 372 g/mol. The summed E-state index contributed by atoms with van der Waals surface area (Å²) in [6.45, 7) is 9.18. The molecule has 1 atom stereocenters. The van der Waals surface area contributed by atoms with Gasteiger partial charge in [-0.3, -0.25) is 9.78 Å². The number of hydrogen-bond acceptors (Lipinski definition) is 4. The lowest BCUT2D eigenvalue weighted by molar-refractivity contribution is -0.139. The van der Waals surface area contributed by atoms with E-state index in [1.54, 1.807) is 6.20 Å². The number of anilines is 1. The van der Waals surface area contributed by atoms with Gasteiger partial charge in [-0.15, -0.1) is 0 Å². The van der Waals surface area contributed by atoms with Crippen LogP contribution in [0.4, 0.5) is 5.69 Å². The fraction of sp³-hybridized carbons (Fsp3) is 0.545. The van der Waals surface area contributed by atoms with E-state index < -0.39 is 5.60 Å². The molecule has 0 spiro atoms. The molecule has 0 aliphatic carbocycles. The molecule has 0 bridgehead atoms. The molecular formula is C22H32N2O3. The number of fused-ring (bicyclic) bond motifs is 1. The van der Waals surface area contributed by atoms with Gasteiger partial charge in [0.05, 0.1) is 12.3 Å². The van der Waals surface area contributed by atoms with Gasteiger partial charge in [-0.25, -0.2) is 0 Å². The number of unbranched alkanes of at least 4 members (excludes halogenated alkanes) is 2. The molecule has 0 aliphatic heterocycles. The van der Waals surface area contributed by atoms with Crippen LogP contribution in [0.25, 0.3) is 10.9 Å². The number of rotatable bonds is 11. The molecule has 0 saturated heterocycles. The second kappa shape index (κ2) is 10.3. The van der Waals surface area contributed by atoms with Crippen molar-refractivity contribution in [3.8, 4) is 5.75 Å². The maximum Gasteiger partial charge on any atom is 0.256 e. The number of hydrogen-bond donors (Lipinski definition) is 1. The van der Waals surface area contributed by atoms with Crippen molar-refractivity contribution in [1.82, 2.24) is 4.98 Å². The molecule has 0 aliphatic rings. The Morgan fingerprint density at radius 3 is 2.63 bits per heavy atom. The summed E-state index contributed by atoms with van der Waals surface area (Å²) in [4.78, 5) is 17.5. The minimum absolute atomic E-state index is 0.123. The van der Waals surface area contributed by atoms with Gasteiger partial charge in [0.25, 0.3) is 5.91 Å². The van der Waals surface area contributed by atoms with Crippen LogP contribution < -0.4 is 10.1 Å². The number of benzene rings is 1. The lowest BCUT2D eigenvalue weighted by Gasteiger charge is -2.28. The van der Waals surface area contributed by atoms with Crippen LogP contribution in [0.2, 0.25) is 0 Å². The zero-order valence-corrected chi connectivity index (χ0v) is 17.0. The molecule has 148 valence electrons. The first-order chi connectivity index (χ1) is 13.1. The Morgan fingerprint density at radius 1 is 1.15 bits per heavy atom. The van der Waals surface area contributed by atoms with Crippen molar-refractivity contribution in [3.63, 3.8) is 0 Å². The number of carbonyl (C=O) groups excluding carboxylic acids is 1. The van der Waals surface area contributed by atoms with E-state index in [0.717, 1.165) is 48.0 Å². The number of nitrogens with zero attached hydrogens (tertiary/aromatic N) is 1. The number of pyridine rings is 1. The van der Waals surface area contributed by atoms with E-state index in [0.29, 0.717) is 19.6 Å². The SMILES string of the molecule is CCCCOc1ccc(NC(=O)[C@@](C)(CCCC)OCC)c2cccnc12. The normalized spacial score (nSPS) is 13.3. The Bertz CT molecular complexity index is 747. The average molecular weight is 373 g/mol. The molecule has 2 rings (SSSR count). The summed E-state index contributed by atoms with van der Waals surface area (Å²) in [6.07, 6.45) is 6.47. The molecule has 0 saturated carbocycles. The summed E-state index contributed by atoms with van der Waals surface area (Å²) in [6, 6.07) is 7.58. The standard InChI is InChI=1S/C22H32N2O3/c1-5-8-14-22(4,27-7-3)21(25)24-18-12-13-19(26-16-9-6-2)20-17(18)11-10-15-23-20/h10-13,15H,5-9,14,16H2,1-4H3,(H,24,25)/t22-/m1/s1. The summed E-state index contributed by atoms with van der Waals surface area (Å²) in [5.41, 5.74) is 0.654. The molecule has 27 heavy (non-hydrogen) atoms. The Balaban J connectivity index is 2.27. The van der Waals surface area contributed by atoms with Crippen molar-refractivity contribution in [3.05, 3.63) is 30.5 Å². The van der Waals surface area contributed by atoms with Crippen molar-refractivity contribution in [2.24, 2.45) is 0 Å². The fourth-order valence-electron chi connectivity index (χ4n) is 3.04. The average Bonchev–Trinajstić information content (AvgIpc) is 2.68. The van der Waals surface area contributed by atoms with E-state index in [1.807, 2.05) is 38.1 Å². The molecule has 5 nitrogen and oxygen atoms in total. The van der Waals surface area contributed by atoms with Crippen molar-refractivity contribution in [2.45, 2.75) is 65.4 Å². The molecule has 0 radical (unpaired) electrons. The largest absolute Gasteiger partial charge is 0.491 e. The first-order valence-electron chi connectivity index (χ1n) is 10.0. The predicted octanol–water partition coefficient (Wildman–Crippen LogP) is 5.34. The third-order valence-electron chi connectivity index (χ3n) is 4.69.